The maximum Gasteiger partial charge on any atom is 0.335 e. The minimum Gasteiger partial charge on any atom is -0.478 e. The Morgan fingerprint density at radius 3 is 2.68 bits per heavy atom. The largest absolute Gasteiger partial charge is 0.478 e. The lowest BCUT2D eigenvalue weighted by atomic mass is 9.96. The first kappa shape index (κ1) is 12.5. The van der Waals surface area contributed by atoms with Crippen LogP contribution in [0.4, 0.5) is 0 Å². The highest BCUT2D eigenvalue weighted by atomic mass is 16.4. The van der Waals surface area contributed by atoms with Gasteiger partial charge < -0.3 is 5.11 Å². The number of aromatic amines is 1. The SMILES string of the molecule is O=C(O)c1ccc2c(c1)cc(-c1ccn[nH]1)c1ccncc12. The average molecular weight is 289 g/mol. The summed E-state index contributed by atoms with van der Waals surface area (Å²) in [5.74, 6) is -0.934. The van der Waals surface area contributed by atoms with Crippen molar-refractivity contribution in [3.05, 3.63) is 60.6 Å². The summed E-state index contributed by atoms with van der Waals surface area (Å²) in [5, 5.41) is 20.0. The first-order chi connectivity index (χ1) is 10.7. The van der Waals surface area contributed by atoms with Crippen LogP contribution in [0.15, 0.2) is 55.0 Å². The predicted molar refractivity (Wildman–Crippen MR) is 83.8 cm³/mol. The summed E-state index contributed by atoms with van der Waals surface area (Å²) in [6.45, 7) is 0. The monoisotopic (exact) mass is 289 g/mol. The van der Waals surface area contributed by atoms with Crippen molar-refractivity contribution in [1.29, 1.82) is 0 Å². The van der Waals surface area contributed by atoms with E-state index in [0.29, 0.717) is 0 Å². The van der Waals surface area contributed by atoms with Crippen LogP contribution < -0.4 is 0 Å². The first-order valence-corrected chi connectivity index (χ1v) is 6.77. The molecule has 5 nitrogen and oxygen atoms in total. The number of aromatic nitrogens is 3. The Morgan fingerprint density at radius 2 is 1.91 bits per heavy atom. The minimum absolute atomic E-state index is 0.270. The molecule has 0 saturated carbocycles. The zero-order valence-corrected chi connectivity index (χ0v) is 11.4. The van der Waals surface area contributed by atoms with E-state index in [1.54, 1.807) is 30.7 Å². The number of carbonyl (C=O) groups is 1. The van der Waals surface area contributed by atoms with E-state index in [1.165, 1.54) is 0 Å². The normalized spacial score (nSPS) is 11.1. The summed E-state index contributed by atoms with van der Waals surface area (Å²) in [6, 6.07) is 11.0. The van der Waals surface area contributed by atoms with Crippen molar-refractivity contribution < 1.29 is 9.90 Å². The van der Waals surface area contributed by atoms with Crippen LogP contribution in [0.25, 0.3) is 32.8 Å². The van der Waals surface area contributed by atoms with E-state index < -0.39 is 5.97 Å². The van der Waals surface area contributed by atoms with Crippen LogP contribution in [0.1, 0.15) is 10.4 Å². The molecule has 106 valence electrons. The molecule has 4 aromatic rings. The minimum atomic E-state index is -0.934. The number of benzene rings is 2. The molecular weight excluding hydrogens is 278 g/mol. The van der Waals surface area contributed by atoms with E-state index in [0.717, 1.165) is 32.8 Å². The van der Waals surface area contributed by atoms with Crippen molar-refractivity contribution >= 4 is 27.5 Å². The van der Waals surface area contributed by atoms with E-state index in [4.69, 9.17) is 0 Å². The maximum absolute atomic E-state index is 11.2. The van der Waals surface area contributed by atoms with Crippen LogP contribution in [0.2, 0.25) is 0 Å². The van der Waals surface area contributed by atoms with Crippen LogP contribution in [-0.4, -0.2) is 26.3 Å². The second-order valence-corrected chi connectivity index (χ2v) is 5.06. The molecule has 0 radical (unpaired) electrons. The van der Waals surface area contributed by atoms with E-state index in [2.05, 4.69) is 15.2 Å². The van der Waals surface area contributed by atoms with Crippen LogP contribution in [0.3, 0.4) is 0 Å². The number of hydrogen-bond acceptors (Lipinski definition) is 3. The third-order valence-corrected chi connectivity index (χ3v) is 3.79. The molecule has 2 heterocycles. The number of pyridine rings is 1. The van der Waals surface area contributed by atoms with Gasteiger partial charge in [0.15, 0.2) is 0 Å². The van der Waals surface area contributed by atoms with Gasteiger partial charge in [-0.25, -0.2) is 4.79 Å². The second-order valence-electron chi connectivity index (χ2n) is 5.06. The second kappa shape index (κ2) is 4.66. The fourth-order valence-electron chi connectivity index (χ4n) is 2.77. The third kappa shape index (κ3) is 1.83. The lowest BCUT2D eigenvalue weighted by Gasteiger charge is -2.09. The lowest BCUT2D eigenvalue weighted by molar-refractivity contribution is 0.0697. The number of hydrogen-bond donors (Lipinski definition) is 2. The lowest BCUT2D eigenvalue weighted by Crippen LogP contribution is -1.95. The van der Waals surface area contributed by atoms with Crippen LogP contribution in [0.5, 0.6) is 0 Å². The molecule has 0 aliphatic rings. The maximum atomic E-state index is 11.2. The summed E-state index contributed by atoms with van der Waals surface area (Å²) >= 11 is 0. The molecule has 5 heteroatoms. The van der Waals surface area contributed by atoms with Gasteiger partial charge in [-0.05, 0) is 46.5 Å². The van der Waals surface area contributed by atoms with Crippen molar-refractivity contribution in [3.8, 4) is 11.3 Å². The standard InChI is InChI=1S/C17H11N3O2/c21-17(22)10-1-2-12-11(7-10)8-14(16-4-6-19-20-16)13-3-5-18-9-15(12)13/h1-9H,(H,19,20)(H,21,22). The molecule has 2 N–H and O–H groups in total. The topological polar surface area (TPSA) is 78.9 Å². The van der Waals surface area contributed by atoms with Crippen molar-refractivity contribution in [3.63, 3.8) is 0 Å². The van der Waals surface area contributed by atoms with Gasteiger partial charge in [-0.1, -0.05) is 6.07 Å². The number of nitrogens with zero attached hydrogens (tertiary/aromatic N) is 2. The van der Waals surface area contributed by atoms with Gasteiger partial charge in [0.2, 0.25) is 0 Å². The van der Waals surface area contributed by atoms with Crippen molar-refractivity contribution in [2.75, 3.05) is 0 Å². The molecular formula is C17H11N3O2. The first-order valence-electron chi connectivity index (χ1n) is 6.77. The van der Waals surface area contributed by atoms with Crippen molar-refractivity contribution in [2.24, 2.45) is 0 Å². The number of nitrogens with one attached hydrogen (secondary N) is 1. The predicted octanol–water partition coefficient (Wildman–Crippen LogP) is 3.48. The summed E-state index contributed by atoms with van der Waals surface area (Å²) < 4.78 is 0. The molecule has 0 amide bonds. The van der Waals surface area contributed by atoms with Gasteiger partial charge in [0.25, 0.3) is 0 Å². The molecule has 2 aromatic carbocycles. The van der Waals surface area contributed by atoms with Gasteiger partial charge in [-0.15, -0.1) is 0 Å². The Morgan fingerprint density at radius 1 is 1.00 bits per heavy atom. The Hall–Kier alpha value is -3.21. The van der Waals surface area contributed by atoms with Gasteiger partial charge in [0.05, 0.1) is 11.3 Å². The molecule has 4 rings (SSSR count). The molecule has 0 spiro atoms. The summed E-state index contributed by atoms with van der Waals surface area (Å²) in [7, 11) is 0. The van der Waals surface area contributed by atoms with Crippen LogP contribution >= 0.6 is 0 Å². The number of aromatic carboxylic acids is 1. The Balaban J connectivity index is 2.15. The van der Waals surface area contributed by atoms with Crippen molar-refractivity contribution in [2.45, 2.75) is 0 Å². The highest BCUT2D eigenvalue weighted by Gasteiger charge is 2.11. The molecule has 0 saturated heterocycles. The van der Waals surface area contributed by atoms with Gasteiger partial charge in [0, 0.05) is 29.5 Å². The molecule has 2 aromatic heterocycles. The molecule has 0 aliphatic heterocycles. The van der Waals surface area contributed by atoms with E-state index in [9.17, 15) is 9.90 Å². The Labute approximate surface area is 125 Å². The number of H-pyrrole nitrogens is 1. The van der Waals surface area contributed by atoms with Gasteiger partial charge >= 0.3 is 5.97 Å². The number of carboxylic acids is 1. The fourth-order valence-corrected chi connectivity index (χ4v) is 2.77. The molecule has 22 heavy (non-hydrogen) atoms. The quantitative estimate of drug-likeness (QED) is 0.554. The zero-order valence-electron chi connectivity index (χ0n) is 11.4. The molecule has 0 unspecified atom stereocenters. The van der Waals surface area contributed by atoms with E-state index >= 15 is 0 Å². The smallest absolute Gasteiger partial charge is 0.335 e. The molecule has 0 atom stereocenters. The number of carboxylic acid groups (broad SMARTS) is 1. The van der Waals surface area contributed by atoms with Gasteiger partial charge in [-0.3, -0.25) is 10.1 Å². The molecule has 0 bridgehead atoms. The van der Waals surface area contributed by atoms with Crippen molar-refractivity contribution in [1.82, 2.24) is 15.2 Å². The summed E-state index contributed by atoms with van der Waals surface area (Å²) in [4.78, 5) is 15.4. The highest BCUT2D eigenvalue weighted by Crippen LogP contribution is 2.33. The average Bonchev–Trinajstić information content (AvgIpc) is 3.07. The summed E-state index contributed by atoms with van der Waals surface area (Å²) in [6.07, 6.45) is 5.25. The van der Waals surface area contributed by atoms with Gasteiger partial charge in [0.1, 0.15) is 0 Å². The summed E-state index contributed by atoms with van der Waals surface area (Å²) in [5.41, 5.74) is 2.13. The van der Waals surface area contributed by atoms with Gasteiger partial charge in [-0.2, -0.15) is 5.10 Å². The molecule has 0 fully saturated rings. The molecule has 0 aliphatic carbocycles. The Kier molecular flexibility index (Phi) is 2.66. The number of fused-ring (bicyclic) bond motifs is 3. The number of rotatable bonds is 2. The third-order valence-electron chi connectivity index (χ3n) is 3.79. The van der Waals surface area contributed by atoms with Crippen LogP contribution in [-0.2, 0) is 0 Å². The van der Waals surface area contributed by atoms with E-state index in [1.807, 2.05) is 24.3 Å². The highest BCUT2D eigenvalue weighted by molar-refractivity contribution is 6.14. The Bertz CT molecular complexity index is 1010. The zero-order chi connectivity index (χ0) is 15.1. The fraction of sp³-hybridized carbons (Fsp3) is 0. The van der Waals surface area contributed by atoms with E-state index in [-0.39, 0.29) is 5.56 Å². The van der Waals surface area contributed by atoms with Crippen LogP contribution in [0, 0.1) is 0 Å².